The Hall–Kier alpha value is -2.00. The topological polar surface area (TPSA) is 28.7 Å². The molecule has 0 fully saturated rings. The van der Waals surface area contributed by atoms with Crippen molar-refractivity contribution in [2.45, 2.75) is 0 Å². The molecule has 1 aliphatic heterocycles. The Bertz CT molecular complexity index is 827. The summed E-state index contributed by atoms with van der Waals surface area (Å²) in [6.45, 7) is 0. The fourth-order valence-electron chi connectivity index (χ4n) is 2.54. The SMILES string of the molecule is C1=CC(c2nccc3c2[nH]c2ccccc23)=CSC1. The molecule has 0 spiro atoms. The zero-order chi connectivity index (χ0) is 12.7. The van der Waals surface area contributed by atoms with Crippen molar-refractivity contribution in [3.8, 4) is 0 Å². The Morgan fingerprint density at radius 1 is 1.11 bits per heavy atom. The Balaban J connectivity index is 2.06. The van der Waals surface area contributed by atoms with Crippen LogP contribution in [0.1, 0.15) is 5.69 Å². The number of rotatable bonds is 1. The van der Waals surface area contributed by atoms with E-state index in [1.165, 1.54) is 21.9 Å². The number of benzene rings is 1. The smallest absolute Gasteiger partial charge is 0.0948 e. The highest BCUT2D eigenvalue weighted by Gasteiger charge is 2.11. The third-order valence-electron chi connectivity index (χ3n) is 3.40. The molecule has 19 heavy (non-hydrogen) atoms. The number of fused-ring (bicyclic) bond motifs is 3. The van der Waals surface area contributed by atoms with E-state index in [0.29, 0.717) is 0 Å². The molecular formula is C16H12N2S. The first kappa shape index (κ1) is 10.9. The predicted octanol–water partition coefficient (Wildman–Crippen LogP) is 4.36. The molecule has 92 valence electrons. The molecule has 1 aliphatic rings. The second-order valence-corrected chi connectivity index (χ2v) is 5.46. The lowest BCUT2D eigenvalue weighted by Gasteiger charge is -2.06. The molecule has 0 saturated carbocycles. The molecule has 0 atom stereocenters. The van der Waals surface area contributed by atoms with Gasteiger partial charge in [-0.15, -0.1) is 11.8 Å². The highest BCUT2D eigenvalue weighted by atomic mass is 32.2. The second kappa shape index (κ2) is 4.28. The summed E-state index contributed by atoms with van der Waals surface area (Å²) in [5.74, 6) is 1.05. The van der Waals surface area contributed by atoms with Crippen molar-refractivity contribution in [2.24, 2.45) is 0 Å². The van der Waals surface area contributed by atoms with Gasteiger partial charge in [0.15, 0.2) is 0 Å². The molecule has 1 aromatic carbocycles. The number of para-hydroxylation sites is 1. The number of nitrogens with one attached hydrogen (secondary N) is 1. The van der Waals surface area contributed by atoms with E-state index in [2.05, 4.69) is 57.9 Å². The van der Waals surface area contributed by atoms with Crippen LogP contribution in [-0.4, -0.2) is 15.7 Å². The summed E-state index contributed by atoms with van der Waals surface area (Å²) in [6, 6.07) is 10.5. The third kappa shape index (κ3) is 1.70. The average molecular weight is 264 g/mol. The molecule has 1 N–H and O–H groups in total. The van der Waals surface area contributed by atoms with Gasteiger partial charge in [-0.25, -0.2) is 0 Å². The van der Waals surface area contributed by atoms with Crippen molar-refractivity contribution in [1.82, 2.24) is 9.97 Å². The first-order chi connectivity index (χ1) is 9.43. The third-order valence-corrected chi connectivity index (χ3v) is 4.21. The van der Waals surface area contributed by atoms with Gasteiger partial charge in [0.2, 0.25) is 0 Å². The second-order valence-electron chi connectivity index (χ2n) is 4.56. The lowest BCUT2D eigenvalue weighted by Crippen LogP contribution is -1.90. The molecule has 2 nitrogen and oxygen atoms in total. The van der Waals surface area contributed by atoms with E-state index in [0.717, 1.165) is 17.0 Å². The van der Waals surface area contributed by atoms with E-state index in [-0.39, 0.29) is 0 Å². The lowest BCUT2D eigenvalue weighted by molar-refractivity contribution is 1.30. The number of allylic oxidation sites excluding steroid dienone is 2. The van der Waals surface area contributed by atoms with Gasteiger partial charge in [-0.2, -0.15) is 0 Å². The van der Waals surface area contributed by atoms with Crippen LogP contribution in [0.2, 0.25) is 0 Å². The van der Waals surface area contributed by atoms with Crippen molar-refractivity contribution < 1.29 is 0 Å². The van der Waals surface area contributed by atoms with Crippen LogP contribution in [-0.2, 0) is 0 Å². The fourth-order valence-corrected chi connectivity index (χ4v) is 3.21. The van der Waals surface area contributed by atoms with Gasteiger partial charge in [0, 0.05) is 33.8 Å². The minimum absolute atomic E-state index is 1.04. The Labute approximate surface area is 115 Å². The first-order valence-electron chi connectivity index (χ1n) is 6.27. The number of aromatic nitrogens is 2. The van der Waals surface area contributed by atoms with Crippen LogP contribution < -0.4 is 0 Å². The number of hydrogen-bond acceptors (Lipinski definition) is 2. The summed E-state index contributed by atoms with van der Waals surface area (Å²) >= 11 is 1.81. The zero-order valence-electron chi connectivity index (χ0n) is 10.3. The van der Waals surface area contributed by atoms with Crippen molar-refractivity contribution in [3.05, 3.63) is 59.8 Å². The summed E-state index contributed by atoms with van der Waals surface area (Å²) in [6.07, 6.45) is 6.23. The number of nitrogens with zero attached hydrogens (tertiary/aromatic N) is 1. The van der Waals surface area contributed by atoms with Crippen molar-refractivity contribution in [3.63, 3.8) is 0 Å². The number of pyridine rings is 1. The zero-order valence-corrected chi connectivity index (χ0v) is 11.1. The number of H-pyrrole nitrogens is 1. The van der Waals surface area contributed by atoms with E-state index in [1.54, 1.807) is 0 Å². The maximum absolute atomic E-state index is 4.56. The Kier molecular flexibility index (Phi) is 2.45. The largest absolute Gasteiger partial charge is 0.353 e. The maximum Gasteiger partial charge on any atom is 0.0948 e. The quantitative estimate of drug-likeness (QED) is 0.707. The molecule has 4 rings (SSSR count). The van der Waals surface area contributed by atoms with E-state index in [9.17, 15) is 0 Å². The van der Waals surface area contributed by atoms with E-state index in [4.69, 9.17) is 0 Å². The number of hydrogen-bond donors (Lipinski definition) is 1. The molecule has 0 saturated heterocycles. The summed E-state index contributed by atoms with van der Waals surface area (Å²) in [7, 11) is 0. The van der Waals surface area contributed by atoms with E-state index < -0.39 is 0 Å². The number of thioether (sulfide) groups is 1. The first-order valence-corrected chi connectivity index (χ1v) is 7.32. The van der Waals surface area contributed by atoms with Crippen molar-refractivity contribution in [1.29, 1.82) is 0 Å². The van der Waals surface area contributed by atoms with Gasteiger partial charge < -0.3 is 4.98 Å². The molecule has 0 aliphatic carbocycles. The van der Waals surface area contributed by atoms with Crippen LogP contribution in [0.25, 0.3) is 27.4 Å². The molecule has 3 aromatic rings. The van der Waals surface area contributed by atoms with Gasteiger partial charge in [0.1, 0.15) is 0 Å². The minimum Gasteiger partial charge on any atom is -0.353 e. The molecule has 0 bridgehead atoms. The van der Waals surface area contributed by atoms with Gasteiger partial charge in [0.25, 0.3) is 0 Å². The van der Waals surface area contributed by atoms with Crippen molar-refractivity contribution >= 4 is 39.1 Å². The van der Waals surface area contributed by atoms with Gasteiger partial charge in [-0.05, 0) is 17.5 Å². The van der Waals surface area contributed by atoms with Crippen LogP contribution >= 0.6 is 11.8 Å². The van der Waals surface area contributed by atoms with E-state index in [1.807, 2.05) is 18.0 Å². The maximum atomic E-state index is 4.56. The monoisotopic (exact) mass is 264 g/mol. The summed E-state index contributed by atoms with van der Waals surface area (Å²) in [4.78, 5) is 8.06. The van der Waals surface area contributed by atoms with Gasteiger partial charge in [0.05, 0.1) is 11.2 Å². The molecule has 0 radical (unpaired) electrons. The fraction of sp³-hybridized carbons (Fsp3) is 0.0625. The van der Waals surface area contributed by atoms with Crippen molar-refractivity contribution in [2.75, 3.05) is 5.75 Å². The van der Waals surface area contributed by atoms with Gasteiger partial charge in [-0.3, -0.25) is 4.98 Å². The lowest BCUT2D eigenvalue weighted by atomic mass is 10.1. The standard InChI is InChI=1S/C16H12N2S/c1-2-6-14-12(5-1)13-7-8-17-15(16(13)18-14)11-4-3-9-19-10-11/h1-8,10,18H,9H2. The Morgan fingerprint density at radius 3 is 2.95 bits per heavy atom. The highest BCUT2D eigenvalue weighted by molar-refractivity contribution is 8.02. The summed E-state index contributed by atoms with van der Waals surface area (Å²) in [5, 5.41) is 4.69. The minimum atomic E-state index is 1.04. The van der Waals surface area contributed by atoms with Crippen LogP contribution in [0.3, 0.4) is 0 Å². The molecule has 3 heterocycles. The summed E-state index contributed by atoms with van der Waals surface area (Å²) in [5.41, 5.74) is 4.52. The molecule has 2 aromatic heterocycles. The number of aromatic amines is 1. The van der Waals surface area contributed by atoms with Gasteiger partial charge >= 0.3 is 0 Å². The molecule has 3 heteroatoms. The van der Waals surface area contributed by atoms with Crippen LogP contribution in [0.4, 0.5) is 0 Å². The van der Waals surface area contributed by atoms with Crippen LogP contribution in [0.5, 0.6) is 0 Å². The normalized spacial score (nSPS) is 15.1. The highest BCUT2D eigenvalue weighted by Crippen LogP contribution is 2.31. The average Bonchev–Trinajstić information content (AvgIpc) is 2.87. The Morgan fingerprint density at radius 2 is 2.05 bits per heavy atom. The summed E-state index contributed by atoms with van der Waals surface area (Å²) < 4.78 is 0. The van der Waals surface area contributed by atoms with Crippen LogP contribution in [0, 0.1) is 0 Å². The molecule has 0 amide bonds. The van der Waals surface area contributed by atoms with Gasteiger partial charge in [-0.1, -0.05) is 30.4 Å². The molecular weight excluding hydrogens is 252 g/mol. The van der Waals surface area contributed by atoms with Crippen LogP contribution in [0.15, 0.2) is 54.1 Å². The predicted molar refractivity (Wildman–Crippen MR) is 83.2 cm³/mol. The molecule has 0 unspecified atom stereocenters. The van der Waals surface area contributed by atoms with E-state index >= 15 is 0 Å².